The smallest absolute Gasteiger partial charge is 0.268 e. The molecule has 1 atom stereocenters. The Kier molecular flexibility index (Phi) is 4.92. The predicted molar refractivity (Wildman–Crippen MR) is 105 cm³/mol. The van der Waals surface area contributed by atoms with Crippen molar-refractivity contribution >= 4 is 17.3 Å². The molecule has 0 bridgehead atoms. The van der Waals surface area contributed by atoms with Gasteiger partial charge in [0.25, 0.3) is 5.91 Å². The Balaban J connectivity index is 1.35. The van der Waals surface area contributed by atoms with E-state index in [4.69, 9.17) is 4.84 Å². The zero-order chi connectivity index (χ0) is 19.5. The normalized spacial score (nSPS) is 15.9. The first-order valence-electron chi connectivity index (χ1n) is 9.26. The summed E-state index contributed by atoms with van der Waals surface area (Å²) >= 11 is 0. The molecule has 8 heteroatoms. The average molecular weight is 378 g/mol. The number of amides is 1. The van der Waals surface area contributed by atoms with Crippen molar-refractivity contribution in [2.45, 2.75) is 39.5 Å². The van der Waals surface area contributed by atoms with Gasteiger partial charge in [-0.3, -0.25) is 14.2 Å². The van der Waals surface area contributed by atoms with Crippen molar-refractivity contribution in [2.75, 3.05) is 5.32 Å². The zero-order valence-corrected chi connectivity index (χ0v) is 15.9. The Bertz CT molecular complexity index is 1000. The van der Waals surface area contributed by atoms with Crippen LogP contribution >= 0.6 is 0 Å². The molecule has 1 aliphatic rings. The second-order valence-corrected chi connectivity index (χ2v) is 6.72. The topological polar surface area (TPSA) is 86.3 Å². The maximum atomic E-state index is 12.5. The van der Waals surface area contributed by atoms with Gasteiger partial charge in [-0.05, 0) is 19.4 Å². The predicted octanol–water partition coefficient (Wildman–Crippen LogP) is 2.59. The van der Waals surface area contributed by atoms with Gasteiger partial charge in [0.1, 0.15) is 0 Å². The SMILES string of the molecule is CCn1cc(C2=NOC(C(=O)Nc3cnn(Cc4ccccc4)c3)C2)c(C)n1. The number of oxime groups is 1. The van der Waals surface area contributed by atoms with E-state index >= 15 is 0 Å². The summed E-state index contributed by atoms with van der Waals surface area (Å²) in [5.41, 5.74) is 4.33. The van der Waals surface area contributed by atoms with Gasteiger partial charge in [0.15, 0.2) is 0 Å². The molecule has 1 aliphatic heterocycles. The molecule has 28 heavy (non-hydrogen) atoms. The van der Waals surface area contributed by atoms with Gasteiger partial charge in [-0.1, -0.05) is 35.5 Å². The first-order valence-corrected chi connectivity index (χ1v) is 9.26. The molecule has 1 N–H and O–H groups in total. The number of nitrogens with one attached hydrogen (secondary N) is 1. The minimum atomic E-state index is -0.656. The maximum Gasteiger partial charge on any atom is 0.268 e. The van der Waals surface area contributed by atoms with Crippen LogP contribution in [0.3, 0.4) is 0 Å². The lowest BCUT2D eigenvalue weighted by atomic mass is 10.1. The first-order chi connectivity index (χ1) is 13.6. The molecule has 1 amide bonds. The number of hydrogen-bond donors (Lipinski definition) is 1. The first kappa shape index (κ1) is 18.0. The fraction of sp³-hybridized carbons (Fsp3) is 0.300. The monoisotopic (exact) mass is 378 g/mol. The number of aryl methyl sites for hydroxylation is 2. The number of rotatable bonds is 6. The van der Waals surface area contributed by atoms with Crippen molar-refractivity contribution in [1.82, 2.24) is 19.6 Å². The van der Waals surface area contributed by atoms with E-state index in [0.29, 0.717) is 18.7 Å². The molecule has 3 heterocycles. The quantitative estimate of drug-likeness (QED) is 0.714. The second-order valence-electron chi connectivity index (χ2n) is 6.72. The Morgan fingerprint density at radius 3 is 2.82 bits per heavy atom. The van der Waals surface area contributed by atoms with E-state index in [2.05, 4.69) is 20.7 Å². The van der Waals surface area contributed by atoms with Crippen LogP contribution in [0.15, 0.2) is 54.1 Å². The third-order valence-corrected chi connectivity index (χ3v) is 4.63. The maximum absolute atomic E-state index is 12.5. The molecule has 0 saturated heterocycles. The summed E-state index contributed by atoms with van der Waals surface area (Å²) in [6.07, 6.45) is 5.13. The van der Waals surface area contributed by atoms with Crippen LogP contribution in [0.4, 0.5) is 5.69 Å². The summed E-state index contributed by atoms with van der Waals surface area (Å²) in [6.45, 7) is 5.38. The molecule has 0 aliphatic carbocycles. The van der Waals surface area contributed by atoms with Crippen LogP contribution in [0, 0.1) is 6.92 Å². The third kappa shape index (κ3) is 3.80. The lowest BCUT2D eigenvalue weighted by Gasteiger charge is -2.07. The van der Waals surface area contributed by atoms with E-state index in [1.165, 1.54) is 0 Å². The molecule has 0 saturated carbocycles. The van der Waals surface area contributed by atoms with Crippen molar-refractivity contribution in [1.29, 1.82) is 0 Å². The molecule has 0 radical (unpaired) electrons. The van der Waals surface area contributed by atoms with Crippen molar-refractivity contribution in [3.8, 4) is 0 Å². The number of nitrogens with zero attached hydrogens (tertiary/aromatic N) is 5. The molecule has 1 unspecified atom stereocenters. The van der Waals surface area contributed by atoms with Crippen LogP contribution in [0.2, 0.25) is 0 Å². The van der Waals surface area contributed by atoms with Gasteiger partial charge in [-0.25, -0.2) is 0 Å². The fourth-order valence-corrected chi connectivity index (χ4v) is 3.15. The summed E-state index contributed by atoms with van der Waals surface area (Å²) < 4.78 is 3.63. The van der Waals surface area contributed by atoms with E-state index in [0.717, 1.165) is 29.1 Å². The van der Waals surface area contributed by atoms with Crippen LogP contribution < -0.4 is 5.32 Å². The molecule has 3 aromatic rings. The molecule has 8 nitrogen and oxygen atoms in total. The highest BCUT2D eigenvalue weighted by molar-refractivity contribution is 6.06. The standard InChI is InChI=1S/C20H22N6O2/c1-3-25-13-17(14(2)23-25)18-9-19(28-24-18)20(27)22-16-10-21-26(12-16)11-15-7-5-4-6-8-15/h4-8,10,12-13,19H,3,9,11H2,1-2H3,(H,22,27). The molecule has 144 valence electrons. The second kappa shape index (κ2) is 7.67. The zero-order valence-electron chi connectivity index (χ0n) is 15.9. The summed E-state index contributed by atoms with van der Waals surface area (Å²) in [5.74, 6) is -0.237. The van der Waals surface area contributed by atoms with Crippen LogP contribution in [0.25, 0.3) is 0 Å². The molecule has 2 aromatic heterocycles. The number of carbonyl (C=O) groups excluding carboxylic acids is 1. The van der Waals surface area contributed by atoms with Crippen LogP contribution in [-0.2, 0) is 22.7 Å². The van der Waals surface area contributed by atoms with E-state index in [-0.39, 0.29) is 5.91 Å². The Morgan fingerprint density at radius 1 is 1.25 bits per heavy atom. The van der Waals surface area contributed by atoms with Crippen molar-refractivity contribution < 1.29 is 9.63 Å². The number of hydrogen-bond acceptors (Lipinski definition) is 5. The minimum Gasteiger partial charge on any atom is -0.382 e. The Hall–Kier alpha value is -3.42. The van der Waals surface area contributed by atoms with Crippen molar-refractivity contribution in [3.05, 3.63) is 65.7 Å². The number of carbonyl (C=O) groups is 1. The van der Waals surface area contributed by atoms with Gasteiger partial charge in [-0.15, -0.1) is 0 Å². The third-order valence-electron chi connectivity index (χ3n) is 4.63. The molecule has 4 rings (SSSR count). The molecular formula is C20H22N6O2. The molecule has 1 aromatic carbocycles. The van der Waals surface area contributed by atoms with Gasteiger partial charge < -0.3 is 10.2 Å². The van der Waals surface area contributed by atoms with Gasteiger partial charge in [0.2, 0.25) is 6.10 Å². The van der Waals surface area contributed by atoms with Crippen LogP contribution in [0.5, 0.6) is 0 Å². The summed E-state index contributed by atoms with van der Waals surface area (Å²) in [6, 6.07) is 10.0. The average Bonchev–Trinajstić information content (AvgIpc) is 3.42. The van der Waals surface area contributed by atoms with Crippen molar-refractivity contribution in [2.24, 2.45) is 5.16 Å². The number of anilines is 1. The molecular weight excluding hydrogens is 356 g/mol. The fourth-order valence-electron chi connectivity index (χ4n) is 3.15. The Morgan fingerprint density at radius 2 is 2.07 bits per heavy atom. The van der Waals surface area contributed by atoms with Crippen LogP contribution in [0.1, 0.15) is 30.2 Å². The Labute approximate surface area is 162 Å². The van der Waals surface area contributed by atoms with Crippen molar-refractivity contribution in [3.63, 3.8) is 0 Å². The highest BCUT2D eigenvalue weighted by Crippen LogP contribution is 2.20. The lowest BCUT2D eigenvalue weighted by Crippen LogP contribution is -2.27. The van der Waals surface area contributed by atoms with Gasteiger partial charge in [-0.2, -0.15) is 10.2 Å². The van der Waals surface area contributed by atoms with E-state index in [1.54, 1.807) is 17.1 Å². The van der Waals surface area contributed by atoms with E-state index < -0.39 is 6.10 Å². The van der Waals surface area contributed by atoms with Crippen LogP contribution in [-0.4, -0.2) is 37.3 Å². The lowest BCUT2D eigenvalue weighted by molar-refractivity contribution is -0.125. The number of benzene rings is 1. The highest BCUT2D eigenvalue weighted by Gasteiger charge is 2.30. The van der Waals surface area contributed by atoms with E-state index in [1.807, 2.05) is 55.1 Å². The summed E-state index contributed by atoms with van der Waals surface area (Å²) in [5, 5.41) is 15.7. The summed E-state index contributed by atoms with van der Waals surface area (Å²) in [4.78, 5) is 17.9. The summed E-state index contributed by atoms with van der Waals surface area (Å²) in [7, 11) is 0. The largest absolute Gasteiger partial charge is 0.382 e. The molecule has 0 fully saturated rings. The van der Waals surface area contributed by atoms with E-state index in [9.17, 15) is 4.79 Å². The highest BCUT2D eigenvalue weighted by atomic mass is 16.6. The minimum absolute atomic E-state index is 0.237. The van der Waals surface area contributed by atoms with Gasteiger partial charge >= 0.3 is 0 Å². The number of aromatic nitrogens is 4. The van der Waals surface area contributed by atoms with Gasteiger partial charge in [0.05, 0.1) is 29.8 Å². The van der Waals surface area contributed by atoms with Gasteiger partial charge in [0, 0.05) is 30.9 Å². The molecule has 0 spiro atoms.